The minimum Gasteiger partial charge on any atom is -0.496 e. The molecule has 3 heteroatoms. The van der Waals surface area contributed by atoms with Gasteiger partial charge in [0.15, 0.2) is 0 Å². The molecule has 112 valence electrons. The molecule has 1 atom stereocenters. The van der Waals surface area contributed by atoms with Crippen LogP contribution in [0, 0.1) is 13.8 Å². The number of benzene rings is 2. The Bertz CT molecular complexity index is 650. The molecule has 2 aromatic carbocycles. The van der Waals surface area contributed by atoms with Gasteiger partial charge in [-0.3, -0.25) is 0 Å². The largest absolute Gasteiger partial charge is 0.496 e. The molecule has 0 radical (unpaired) electrons. The van der Waals surface area contributed by atoms with Crippen LogP contribution in [0.15, 0.2) is 40.9 Å². The van der Waals surface area contributed by atoms with E-state index in [0.29, 0.717) is 0 Å². The molecular formula is C18H22BrNO. The SMILES string of the molecule is COc1ccc(CC(C)(N)c2cc(C)ccc2C)cc1Br. The van der Waals surface area contributed by atoms with Gasteiger partial charge in [0.25, 0.3) is 0 Å². The van der Waals surface area contributed by atoms with Crippen molar-refractivity contribution in [3.05, 3.63) is 63.1 Å². The van der Waals surface area contributed by atoms with Gasteiger partial charge in [0.2, 0.25) is 0 Å². The lowest BCUT2D eigenvalue weighted by Crippen LogP contribution is -2.36. The van der Waals surface area contributed by atoms with Gasteiger partial charge in [0.1, 0.15) is 5.75 Å². The fourth-order valence-corrected chi connectivity index (χ4v) is 3.28. The molecule has 0 heterocycles. The van der Waals surface area contributed by atoms with Crippen LogP contribution in [0.3, 0.4) is 0 Å². The number of nitrogens with two attached hydrogens (primary N) is 1. The monoisotopic (exact) mass is 347 g/mol. The Kier molecular flexibility index (Phi) is 4.74. The molecule has 2 N–H and O–H groups in total. The van der Waals surface area contributed by atoms with Crippen LogP contribution in [0.4, 0.5) is 0 Å². The van der Waals surface area contributed by atoms with Crippen LogP contribution in [-0.4, -0.2) is 7.11 Å². The highest BCUT2D eigenvalue weighted by molar-refractivity contribution is 9.10. The third-order valence-corrected chi connectivity index (χ3v) is 4.42. The quantitative estimate of drug-likeness (QED) is 0.884. The number of aryl methyl sites for hydroxylation is 2. The second kappa shape index (κ2) is 6.20. The van der Waals surface area contributed by atoms with Crippen molar-refractivity contribution in [2.24, 2.45) is 5.73 Å². The van der Waals surface area contributed by atoms with Crippen molar-refractivity contribution in [3.63, 3.8) is 0 Å². The zero-order valence-electron chi connectivity index (χ0n) is 13.0. The molecule has 0 aromatic heterocycles. The zero-order valence-corrected chi connectivity index (χ0v) is 14.6. The summed E-state index contributed by atoms with van der Waals surface area (Å²) in [6.45, 7) is 6.31. The molecule has 0 saturated carbocycles. The first-order chi connectivity index (χ1) is 9.83. The molecule has 0 aliphatic carbocycles. The summed E-state index contributed by atoms with van der Waals surface area (Å²) in [5, 5.41) is 0. The summed E-state index contributed by atoms with van der Waals surface area (Å²) in [6, 6.07) is 12.6. The standard InChI is InChI=1S/C18H22BrNO/c1-12-5-6-13(2)15(9-12)18(3,20)11-14-7-8-17(21-4)16(19)10-14/h5-10H,11,20H2,1-4H3. The second-order valence-electron chi connectivity index (χ2n) is 5.88. The lowest BCUT2D eigenvalue weighted by atomic mass is 9.83. The number of rotatable bonds is 4. The minimum atomic E-state index is -0.399. The fraction of sp³-hybridized carbons (Fsp3) is 0.333. The molecule has 2 nitrogen and oxygen atoms in total. The van der Waals surface area contributed by atoms with Crippen molar-refractivity contribution >= 4 is 15.9 Å². The van der Waals surface area contributed by atoms with Crippen molar-refractivity contribution in [1.82, 2.24) is 0 Å². The van der Waals surface area contributed by atoms with Crippen LogP contribution < -0.4 is 10.5 Å². The lowest BCUT2D eigenvalue weighted by molar-refractivity contribution is 0.411. The fourth-order valence-electron chi connectivity index (χ4n) is 2.69. The Morgan fingerprint density at radius 1 is 1.14 bits per heavy atom. The molecule has 0 amide bonds. The summed E-state index contributed by atoms with van der Waals surface area (Å²) < 4.78 is 6.23. The first kappa shape index (κ1) is 16.1. The molecule has 0 bridgehead atoms. The molecular weight excluding hydrogens is 326 g/mol. The molecule has 21 heavy (non-hydrogen) atoms. The van der Waals surface area contributed by atoms with Gasteiger partial charge in [-0.1, -0.05) is 29.8 Å². The summed E-state index contributed by atoms with van der Waals surface area (Å²) in [5.41, 5.74) is 11.1. The summed E-state index contributed by atoms with van der Waals surface area (Å²) in [5.74, 6) is 0.837. The first-order valence-electron chi connectivity index (χ1n) is 7.02. The van der Waals surface area contributed by atoms with Gasteiger partial charge in [-0.25, -0.2) is 0 Å². The van der Waals surface area contributed by atoms with Crippen molar-refractivity contribution < 1.29 is 4.74 Å². The number of halogens is 1. The average molecular weight is 348 g/mol. The maximum absolute atomic E-state index is 6.61. The van der Waals surface area contributed by atoms with E-state index >= 15 is 0 Å². The van der Waals surface area contributed by atoms with Crippen molar-refractivity contribution in [2.75, 3.05) is 7.11 Å². The second-order valence-corrected chi connectivity index (χ2v) is 6.74. The summed E-state index contributed by atoms with van der Waals surface area (Å²) in [4.78, 5) is 0. The van der Waals surface area contributed by atoms with Crippen molar-refractivity contribution in [3.8, 4) is 5.75 Å². The molecule has 2 aromatic rings. The number of hydrogen-bond donors (Lipinski definition) is 1. The third-order valence-electron chi connectivity index (χ3n) is 3.80. The van der Waals surface area contributed by atoms with E-state index in [9.17, 15) is 0 Å². The molecule has 0 aliphatic heterocycles. The summed E-state index contributed by atoms with van der Waals surface area (Å²) in [6.07, 6.45) is 0.778. The maximum Gasteiger partial charge on any atom is 0.133 e. The first-order valence-corrected chi connectivity index (χ1v) is 7.82. The Labute approximate surface area is 135 Å². The normalized spacial score (nSPS) is 13.8. The van der Waals surface area contributed by atoms with Crippen LogP contribution >= 0.6 is 15.9 Å². The van der Waals surface area contributed by atoms with Gasteiger partial charge in [-0.05, 0) is 71.9 Å². The van der Waals surface area contributed by atoms with Gasteiger partial charge in [0.05, 0.1) is 11.6 Å². The Hall–Kier alpha value is -1.32. The molecule has 0 spiro atoms. The predicted molar refractivity (Wildman–Crippen MR) is 91.9 cm³/mol. The smallest absolute Gasteiger partial charge is 0.133 e. The maximum atomic E-state index is 6.61. The number of ether oxygens (including phenoxy) is 1. The van der Waals surface area contributed by atoms with Crippen LogP contribution in [0.25, 0.3) is 0 Å². The van der Waals surface area contributed by atoms with E-state index in [-0.39, 0.29) is 0 Å². The average Bonchev–Trinajstić information content (AvgIpc) is 2.41. The predicted octanol–water partition coefficient (Wildman–Crippen LogP) is 4.49. The summed E-state index contributed by atoms with van der Waals surface area (Å²) >= 11 is 3.53. The van der Waals surface area contributed by atoms with Gasteiger partial charge in [-0.2, -0.15) is 0 Å². The van der Waals surface area contributed by atoms with Gasteiger partial charge >= 0.3 is 0 Å². The van der Waals surface area contributed by atoms with E-state index in [1.807, 2.05) is 6.07 Å². The molecule has 1 unspecified atom stereocenters. The topological polar surface area (TPSA) is 35.2 Å². The van der Waals surface area contributed by atoms with Gasteiger partial charge in [0, 0.05) is 5.54 Å². The molecule has 0 saturated heterocycles. The van der Waals surface area contributed by atoms with Gasteiger partial charge in [-0.15, -0.1) is 0 Å². The van der Waals surface area contributed by atoms with Crippen molar-refractivity contribution in [2.45, 2.75) is 32.7 Å². The minimum absolute atomic E-state index is 0.399. The van der Waals surface area contributed by atoms with E-state index in [4.69, 9.17) is 10.5 Å². The van der Waals surface area contributed by atoms with Crippen LogP contribution in [0.1, 0.15) is 29.2 Å². The van der Waals surface area contributed by atoms with Gasteiger partial charge < -0.3 is 10.5 Å². The molecule has 0 fully saturated rings. The van der Waals surface area contributed by atoms with E-state index < -0.39 is 5.54 Å². The van der Waals surface area contributed by atoms with E-state index in [1.165, 1.54) is 22.3 Å². The van der Waals surface area contributed by atoms with E-state index in [2.05, 4.69) is 67.0 Å². The summed E-state index contributed by atoms with van der Waals surface area (Å²) in [7, 11) is 1.67. The Balaban J connectivity index is 2.32. The number of methoxy groups -OCH3 is 1. The van der Waals surface area contributed by atoms with E-state index in [0.717, 1.165) is 16.6 Å². The molecule has 2 rings (SSSR count). The van der Waals surface area contributed by atoms with Crippen LogP contribution in [0.2, 0.25) is 0 Å². The van der Waals surface area contributed by atoms with Crippen LogP contribution in [0.5, 0.6) is 5.75 Å². The molecule has 0 aliphatic rings. The highest BCUT2D eigenvalue weighted by Gasteiger charge is 2.24. The van der Waals surface area contributed by atoms with Crippen molar-refractivity contribution in [1.29, 1.82) is 0 Å². The van der Waals surface area contributed by atoms with Crippen LogP contribution in [-0.2, 0) is 12.0 Å². The van der Waals surface area contributed by atoms with E-state index in [1.54, 1.807) is 7.11 Å². The Morgan fingerprint density at radius 3 is 2.48 bits per heavy atom. The highest BCUT2D eigenvalue weighted by atomic mass is 79.9. The number of hydrogen-bond acceptors (Lipinski definition) is 2. The third kappa shape index (κ3) is 3.66. The lowest BCUT2D eigenvalue weighted by Gasteiger charge is -2.28. The Morgan fingerprint density at radius 2 is 1.86 bits per heavy atom. The highest BCUT2D eigenvalue weighted by Crippen LogP contribution is 2.30. The zero-order chi connectivity index (χ0) is 15.6.